The Hall–Kier alpha value is -0.750. The maximum Gasteiger partial charge on any atom is 0.180 e. The van der Waals surface area contributed by atoms with Crippen LogP contribution < -0.4 is 5.32 Å². The standard InChI is InChI=1S/C11H15BrN4S/c1-3-8(7-17-2)14-10-11-13-4-5-16(11)6-9(12)15-10/h4-6,8H,3,7H2,1-2H3,(H,14,15). The molecule has 1 atom stereocenters. The van der Waals surface area contributed by atoms with Gasteiger partial charge in [0.15, 0.2) is 11.5 Å². The quantitative estimate of drug-likeness (QED) is 0.921. The third kappa shape index (κ3) is 2.93. The van der Waals surface area contributed by atoms with Crippen LogP contribution in [0.1, 0.15) is 13.3 Å². The molecule has 0 amide bonds. The lowest BCUT2D eigenvalue weighted by molar-refractivity contribution is 0.769. The zero-order chi connectivity index (χ0) is 12.3. The van der Waals surface area contributed by atoms with Crippen LogP contribution in [0.15, 0.2) is 23.2 Å². The zero-order valence-electron chi connectivity index (χ0n) is 9.85. The average Bonchev–Trinajstić information content (AvgIpc) is 2.76. The van der Waals surface area contributed by atoms with Crippen molar-refractivity contribution in [2.24, 2.45) is 0 Å². The summed E-state index contributed by atoms with van der Waals surface area (Å²) in [4.78, 5) is 8.77. The Morgan fingerprint density at radius 3 is 3.12 bits per heavy atom. The molecule has 1 unspecified atom stereocenters. The number of nitrogens with one attached hydrogen (secondary N) is 1. The summed E-state index contributed by atoms with van der Waals surface area (Å²) in [5.41, 5.74) is 0.868. The molecule has 0 aliphatic carbocycles. The molecule has 0 radical (unpaired) electrons. The van der Waals surface area contributed by atoms with Gasteiger partial charge in [-0.2, -0.15) is 11.8 Å². The number of hydrogen-bond acceptors (Lipinski definition) is 4. The minimum atomic E-state index is 0.423. The molecule has 92 valence electrons. The van der Waals surface area contributed by atoms with Gasteiger partial charge in [0.2, 0.25) is 0 Å². The summed E-state index contributed by atoms with van der Waals surface area (Å²) in [5, 5.41) is 3.45. The minimum Gasteiger partial charge on any atom is -0.363 e. The molecule has 0 aliphatic rings. The molecule has 1 N–H and O–H groups in total. The third-order valence-corrected chi connectivity index (χ3v) is 3.66. The highest BCUT2D eigenvalue weighted by molar-refractivity contribution is 9.10. The second-order valence-electron chi connectivity index (χ2n) is 3.78. The topological polar surface area (TPSA) is 42.2 Å². The maximum absolute atomic E-state index is 4.46. The van der Waals surface area contributed by atoms with Crippen LogP contribution >= 0.6 is 27.7 Å². The van der Waals surface area contributed by atoms with Crippen molar-refractivity contribution in [1.29, 1.82) is 0 Å². The molecule has 4 nitrogen and oxygen atoms in total. The first-order valence-electron chi connectivity index (χ1n) is 5.49. The van der Waals surface area contributed by atoms with E-state index in [0.717, 1.165) is 28.2 Å². The summed E-state index contributed by atoms with van der Waals surface area (Å²) in [6.07, 6.45) is 8.79. The van der Waals surface area contributed by atoms with E-state index in [1.165, 1.54) is 0 Å². The molecule has 0 fully saturated rings. The molecule has 2 aromatic rings. The van der Waals surface area contributed by atoms with Crippen LogP contribution in [0.5, 0.6) is 0 Å². The number of hydrogen-bond donors (Lipinski definition) is 1. The van der Waals surface area contributed by atoms with Crippen molar-refractivity contribution >= 4 is 39.2 Å². The van der Waals surface area contributed by atoms with Gasteiger partial charge in [-0.1, -0.05) is 6.92 Å². The van der Waals surface area contributed by atoms with E-state index in [-0.39, 0.29) is 0 Å². The molecule has 0 aromatic carbocycles. The Balaban J connectivity index is 2.30. The first-order chi connectivity index (χ1) is 8.24. The van der Waals surface area contributed by atoms with Gasteiger partial charge in [0, 0.05) is 30.4 Å². The van der Waals surface area contributed by atoms with Crippen LogP contribution in [0.25, 0.3) is 5.65 Å². The van der Waals surface area contributed by atoms with Gasteiger partial charge in [-0.25, -0.2) is 9.97 Å². The number of rotatable bonds is 5. The number of imidazole rings is 1. The van der Waals surface area contributed by atoms with Crippen LogP contribution in [0, 0.1) is 0 Å². The summed E-state index contributed by atoms with van der Waals surface area (Å²) in [7, 11) is 0. The summed E-state index contributed by atoms with van der Waals surface area (Å²) in [6.45, 7) is 2.18. The molecule has 0 saturated carbocycles. The molecule has 2 rings (SSSR count). The van der Waals surface area contributed by atoms with E-state index in [0.29, 0.717) is 6.04 Å². The number of fused-ring (bicyclic) bond motifs is 1. The molecule has 0 bridgehead atoms. The lowest BCUT2D eigenvalue weighted by atomic mass is 10.2. The van der Waals surface area contributed by atoms with Crippen molar-refractivity contribution in [2.75, 3.05) is 17.3 Å². The SMILES string of the molecule is CCC(CSC)Nc1nc(Br)cn2ccnc12. The highest BCUT2D eigenvalue weighted by Gasteiger charge is 2.11. The van der Waals surface area contributed by atoms with Gasteiger partial charge in [-0.05, 0) is 28.6 Å². The summed E-state index contributed by atoms with van der Waals surface area (Å²) < 4.78 is 2.77. The Morgan fingerprint density at radius 1 is 1.59 bits per heavy atom. The lowest BCUT2D eigenvalue weighted by Gasteiger charge is -2.16. The summed E-state index contributed by atoms with van der Waals surface area (Å²) in [5.74, 6) is 1.91. The highest BCUT2D eigenvalue weighted by Crippen LogP contribution is 2.19. The van der Waals surface area contributed by atoms with Crippen LogP contribution in [0.4, 0.5) is 5.82 Å². The van der Waals surface area contributed by atoms with Gasteiger partial charge >= 0.3 is 0 Å². The highest BCUT2D eigenvalue weighted by atomic mass is 79.9. The predicted octanol–water partition coefficient (Wildman–Crippen LogP) is 3.05. The van der Waals surface area contributed by atoms with Crippen molar-refractivity contribution in [1.82, 2.24) is 14.4 Å². The van der Waals surface area contributed by atoms with Crippen LogP contribution in [-0.2, 0) is 0 Å². The summed E-state index contributed by atoms with van der Waals surface area (Å²) in [6, 6.07) is 0.423. The maximum atomic E-state index is 4.46. The number of thioether (sulfide) groups is 1. The molecule has 2 heterocycles. The van der Waals surface area contributed by atoms with E-state index in [1.54, 1.807) is 6.20 Å². The lowest BCUT2D eigenvalue weighted by Crippen LogP contribution is -2.22. The molecule has 2 aromatic heterocycles. The fourth-order valence-electron chi connectivity index (χ4n) is 1.65. The van der Waals surface area contributed by atoms with Crippen LogP contribution in [0.2, 0.25) is 0 Å². The summed E-state index contributed by atoms with van der Waals surface area (Å²) >= 11 is 5.25. The second-order valence-corrected chi connectivity index (χ2v) is 5.50. The van der Waals surface area contributed by atoms with Gasteiger partial charge in [-0.15, -0.1) is 0 Å². The molecular weight excluding hydrogens is 300 g/mol. The number of halogens is 1. The van der Waals surface area contributed by atoms with Gasteiger partial charge in [0.25, 0.3) is 0 Å². The van der Waals surface area contributed by atoms with E-state index in [4.69, 9.17) is 0 Å². The van der Waals surface area contributed by atoms with Gasteiger partial charge < -0.3 is 9.72 Å². The number of aromatic nitrogens is 3. The minimum absolute atomic E-state index is 0.423. The largest absolute Gasteiger partial charge is 0.363 e. The zero-order valence-corrected chi connectivity index (χ0v) is 12.3. The van der Waals surface area contributed by atoms with Gasteiger partial charge in [0.05, 0.1) is 0 Å². The Labute approximate surface area is 113 Å². The monoisotopic (exact) mass is 314 g/mol. The van der Waals surface area contributed by atoms with Crippen LogP contribution in [-0.4, -0.2) is 32.4 Å². The first-order valence-corrected chi connectivity index (χ1v) is 7.68. The molecule has 0 aliphatic heterocycles. The van der Waals surface area contributed by atoms with Crippen molar-refractivity contribution in [3.8, 4) is 0 Å². The Bertz CT molecular complexity index is 499. The molecule has 0 saturated heterocycles. The molecule has 0 spiro atoms. The second kappa shape index (κ2) is 5.73. The fraction of sp³-hybridized carbons (Fsp3) is 0.455. The molecule has 6 heteroatoms. The van der Waals surface area contributed by atoms with Crippen molar-refractivity contribution in [3.05, 3.63) is 23.2 Å². The van der Waals surface area contributed by atoms with Gasteiger partial charge in [-0.3, -0.25) is 0 Å². The average molecular weight is 315 g/mol. The molecular formula is C11H15BrN4S. The van der Waals surface area contributed by atoms with Crippen molar-refractivity contribution < 1.29 is 0 Å². The third-order valence-electron chi connectivity index (χ3n) is 2.55. The predicted molar refractivity (Wildman–Crippen MR) is 76.8 cm³/mol. The Kier molecular flexibility index (Phi) is 4.28. The van der Waals surface area contributed by atoms with Crippen LogP contribution in [0.3, 0.4) is 0 Å². The number of nitrogens with zero attached hydrogens (tertiary/aromatic N) is 3. The smallest absolute Gasteiger partial charge is 0.180 e. The first kappa shape index (κ1) is 12.7. The molecule has 17 heavy (non-hydrogen) atoms. The van der Waals surface area contributed by atoms with E-state index in [2.05, 4.69) is 44.4 Å². The fourth-order valence-corrected chi connectivity index (χ4v) is 2.77. The Morgan fingerprint density at radius 2 is 2.41 bits per heavy atom. The van der Waals surface area contributed by atoms with E-state index >= 15 is 0 Å². The van der Waals surface area contributed by atoms with Crippen molar-refractivity contribution in [3.63, 3.8) is 0 Å². The van der Waals surface area contributed by atoms with Gasteiger partial charge in [0.1, 0.15) is 4.60 Å². The van der Waals surface area contributed by atoms with Crippen molar-refractivity contribution in [2.45, 2.75) is 19.4 Å². The van der Waals surface area contributed by atoms with E-state index < -0.39 is 0 Å². The normalized spacial score (nSPS) is 12.9. The van der Waals surface area contributed by atoms with E-state index in [1.807, 2.05) is 28.6 Å². The number of anilines is 1. The van der Waals surface area contributed by atoms with E-state index in [9.17, 15) is 0 Å².